The first-order valence-corrected chi connectivity index (χ1v) is 11.8. The Morgan fingerprint density at radius 2 is 2.03 bits per heavy atom. The first-order valence-electron chi connectivity index (χ1n) is 10.8. The highest BCUT2D eigenvalue weighted by Gasteiger charge is 2.15. The maximum Gasteiger partial charge on any atom is 0.262 e. The molecule has 1 aromatic heterocycles. The fourth-order valence-electron chi connectivity index (χ4n) is 3.90. The lowest BCUT2D eigenvalue weighted by Gasteiger charge is -2.13. The summed E-state index contributed by atoms with van der Waals surface area (Å²) in [5.41, 5.74) is 4.10. The van der Waals surface area contributed by atoms with Gasteiger partial charge in [0, 0.05) is 25.4 Å². The van der Waals surface area contributed by atoms with Crippen LogP contribution in [0.2, 0.25) is 0 Å². The molecule has 0 atom stereocenters. The van der Waals surface area contributed by atoms with E-state index in [-0.39, 0.29) is 17.2 Å². The molecule has 1 aliphatic rings. The summed E-state index contributed by atoms with van der Waals surface area (Å²) in [5, 5.41) is 4.13. The maximum absolute atomic E-state index is 13.0. The molecule has 1 N–H and O–H groups in total. The molecule has 0 unspecified atom stereocenters. The number of nitrogens with zero attached hydrogens (tertiary/aromatic N) is 2. The summed E-state index contributed by atoms with van der Waals surface area (Å²) in [6.45, 7) is 3.68. The van der Waals surface area contributed by atoms with Gasteiger partial charge in [0.05, 0.1) is 16.7 Å². The average Bonchev–Trinajstić information content (AvgIpc) is 3.24. The number of rotatable bonds is 9. The van der Waals surface area contributed by atoms with E-state index in [0.29, 0.717) is 42.2 Å². The maximum atomic E-state index is 13.0. The molecule has 0 saturated carbocycles. The molecule has 6 nitrogen and oxygen atoms in total. The lowest BCUT2D eigenvalue weighted by atomic mass is 10.1. The highest BCUT2D eigenvalue weighted by Crippen LogP contribution is 2.25. The summed E-state index contributed by atoms with van der Waals surface area (Å²) < 4.78 is 7.07. The van der Waals surface area contributed by atoms with Crippen molar-refractivity contribution in [2.45, 2.75) is 44.3 Å². The van der Waals surface area contributed by atoms with Gasteiger partial charge in [-0.25, -0.2) is 4.98 Å². The average molecular weight is 438 g/mol. The van der Waals surface area contributed by atoms with Crippen LogP contribution in [0.1, 0.15) is 30.9 Å². The number of hydrogen-bond donors (Lipinski definition) is 1. The summed E-state index contributed by atoms with van der Waals surface area (Å²) in [7, 11) is 0. The molecular weight excluding hydrogens is 410 g/mol. The monoisotopic (exact) mass is 437 g/mol. The van der Waals surface area contributed by atoms with Gasteiger partial charge in [0.2, 0.25) is 5.91 Å². The first-order chi connectivity index (χ1) is 15.2. The van der Waals surface area contributed by atoms with Crippen LogP contribution in [-0.2, 0) is 28.9 Å². The lowest BCUT2D eigenvalue weighted by Crippen LogP contribution is -2.25. The van der Waals surface area contributed by atoms with Crippen LogP contribution in [0.15, 0.2) is 52.4 Å². The van der Waals surface area contributed by atoms with E-state index in [4.69, 9.17) is 4.74 Å². The quantitative estimate of drug-likeness (QED) is 0.311. The predicted molar refractivity (Wildman–Crippen MR) is 125 cm³/mol. The van der Waals surface area contributed by atoms with Gasteiger partial charge in [-0.1, -0.05) is 30.0 Å². The SMILES string of the molecule is CCOCCCn1c(SCC(=O)Nc2ccc3c(c2)CCC3)nc2ccccc2c1=O. The molecule has 0 bridgehead atoms. The number of hydrogen-bond acceptors (Lipinski definition) is 5. The Kier molecular flexibility index (Phi) is 7.04. The van der Waals surface area contributed by atoms with Crippen molar-refractivity contribution < 1.29 is 9.53 Å². The Balaban J connectivity index is 1.48. The number of aromatic nitrogens is 2. The van der Waals surface area contributed by atoms with Crippen LogP contribution >= 0.6 is 11.8 Å². The predicted octanol–water partition coefficient (Wildman–Crippen LogP) is 4.04. The van der Waals surface area contributed by atoms with Gasteiger partial charge in [-0.2, -0.15) is 0 Å². The van der Waals surface area contributed by atoms with Crippen LogP contribution in [0.4, 0.5) is 5.69 Å². The number of nitrogens with one attached hydrogen (secondary N) is 1. The Bertz CT molecular complexity index is 1140. The van der Waals surface area contributed by atoms with E-state index in [1.54, 1.807) is 10.6 Å². The highest BCUT2D eigenvalue weighted by atomic mass is 32.2. The van der Waals surface area contributed by atoms with E-state index in [9.17, 15) is 9.59 Å². The van der Waals surface area contributed by atoms with Gasteiger partial charge in [-0.15, -0.1) is 0 Å². The van der Waals surface area contributed by atoms with Gasteiger partial charge in [-0.3, -0.25) is 14.2 Å². The second kappa shape index (κ2) is 10.1. The molecule has 1 amide bonds. The molecule has 31 heavy (non-hydrogen) atoms. The van der Waals surface area contributed by atoms with Gasteiger partial charge >= 0.3 is 0 Å². The van der Waals surface area contributed by atoms with Crippen LogP contribution in [0.5, 0.6) is 0 Å². The molecular formula is C24H27N3O3S. The molecule has 0 fully saturated rings. The molecule has 162 valence electrons. The van der Waals surface area contributed by atoms with Crippen molar-refractivity contribution >= 4 is 34.3 Å². The number of ether oxygens (including phenoxy) is 1. The van der Waals surface area contributed by atoms with Crippen molar-refractivity contribution in [2.75, 3.05) is 24.3 Å². The van der Waals surface area contributed by atoms with E-state index in [1.807, 2.05) is 31.2 Å². The molecule has 0 spiro atoms. The van der Waals surface area contributed by atoms with Gasteiger partial charge < -0.3 is 10.1 Å². The van der Waals surface area contributed by atoms with Crippen molar-refractivity contribution in [3.8, 4) is 0 Å². The molecule has 7 heteroatoms. The zero-order chi connectivity index (χ0) is 21.6. The van der Waals surface area contributed by atoms with Crippen molar-refractivity contribution in [3.05, 3.63) is 63.9 Å². The van der Waals surface area contributed by atoms with Gasteiger partial charge in [0.1, 0.15) is 0 Å². The first kappa shape index (κ1) is 21.6. The smallest absolute Gasteiger partial charge is 0.262 e. The minimum atomic E-state index is -0.105. The van der Waals surface area contributed by atoms with E-state index < -0.39 is 0 Å². The van der Waals surface area contributed by atoms with E-state index in [0.717, 1.165) is 18.5 Å². The van der Waals surface area contributed by atoms with Crippen LogP contribution in [0, 0.1) is 0 Å². The van der Waals surface area contributed by atoms with Gasteiger partial charge in [0.15, 0.2) is 5.16 Å². The number of benzene rings is 2. The summed E-state index contributed by atoms with van der Waals surface area (Å²) >= 11 is 1.29. The molecule has 1 heterocycles. The third kappa shape index (κ3) is 5.17. The number of carbonyl (C=O) groups excluding carboxylic acids is 1. The number of anilines is 1. The summed E-state index contributed by atoms with van der Waals surface area (Å²) in [4.78, 5) is 30.3. The zero-order valence-corrected chi connectivity index (χ0v) is 18.5. The number of amides is 1. The fraction of sp³-hybridized carbons (Fsp3) is 0.375. The third-order valence-corrected chi connectivity index (χ3v) is 6.39. The number of carbonyl (C=O) groups is 1. The second-order valence-corrected chi connectivity index (χ2v) is 8.54. The molecule has 0 aliphatic heterocycles. The normalized spacial score (nSPS) is 12.8. The number of aryl methyl sites for hydroxylation is 2. The number of fused-ring (bicyclic) bond motifs is 2. The third-order valence-electron chi connectivity index (χ3n) is 5.42. The molecule has 3 aromatic rings. The molecule has 2 aromatic carbocycles. The van der Waals surface area contributed by atoms with Gasteiger partial charge in [0.25, 0.3) is 5.56 Å². The molecule has 0 saturated heterocycles. The summed E-state index contributed by atoms with van der Waals surface area (Å²) in [5.74, 6) is 0.0825. The Morgan fingerprint density at radius 3 is 2.90 bits per heavy atom. The van der Waals surface area contributed by atoms with E-state index in [2.05, 4.69) is 22.4 Å². The van der Waals surface area contributed by atoms with Crippen LogP contribution in [-0.4, -0.2) is 34.4 Å². The molecule has 4 rings (SSSR count). The Morgan fingerprint density at radius 1 is 1.19 bits per heavy atom. The summed E-state index contributed by atoms with van der Waals surface area (Å²) in [6.07, 6.45) is 4.08. The number of thioether (sulfide) groups is 1. The van der Waals surface area contributed by atoms with Crippen molar-refractivity contribution in [1.82, 2.24) is 9.55 Å². The van der Waals surface area contributed by atoms with Crippen molar-refractivity contribution in [2.24, 2.45) is 0 Å². The van der Waals surface area contributed by atoms with Crippen LogP contribution in [0.25, 0.3) is 10.9 Å². The standard InChI is InChI=1S/C24H27N3O3S/c1-2-30-14-6-13-27-23(29)20-9-3-4-10-21(20)26-24(27)31-16-22(28)25-19-12-11-17-7-5-8-18(17)15-19/h3-4,9-12,15H,2,5-8,13-14,16H2,1H3,(H,25,28). The Labute approximate surface area is 186 Å². The van der Waals surface area contributed by atoms with Crippen LogP contribution < -0.4 is 10.9 Å². The Hall–Kier alpha value is -2.64. The van der Waals surface area contributed by atoms with E-state index >= 15 is 0 Å². The minimum Gasteiger partial charge on any atom is -0.382 e. The summed E-state index contributed by atoms with van der Waals surface area (Å²) in [6, 6.07) is 13.5. The second-order valence-electron chi connectivity index (χ2n) is 7.59. The van der Waals surface area contributed by atoms with Crippen LogP contribution in [0.3, 0.4) is 0 Å². The minimum absolute atomic E-state index is 0.0800. The van der Waals surface area contributed by atoms with Gasteiger partial charge in [-0.05, 0) is 68.0 Å². The number of para-hydroxylation sites is 1. The highest BCUT2D eigenvalue weighted by molar-refractivity contribution is 7.99. The largest absolute Gasteiger partial charge is 0.382 e. The topological polar surface area (TPSA) is 73.2 Å². The fourth-order valence-corrected chi connectivity index (χ4v) is 4.73. The molecule has 0 radical (unpaired) electrons. The lowest BCUT2D eigenvalue weighted by molar-refractivity contribution is -0.113. The van der Waals surface area contributed by atoms with E-state index in [1.165, 1.54) is 29.3 Å². The zero-order valence-electron chi connectivity index (χ0n) is 17.7. The van der Waals surface area contributed by atoms with Crippen molar-refractivity contribution in [3.63, 3.8) is 0 Å². The van der Waals surface area contributed by atoms with Crippen molar-refractivity contribution in [1.29, 1.82) is 0 Å². The molecule has 1 aliphatic carbocycles.